The first-order valence-electron chi connectivity index (χ1n) is 5.42. The van der Waals surface area contributed by atoms with E-state index < -0.39 is 0 Å². The van der Waals surface area contributed by atoms with E-state index in [1.54, 1.807) is 0 Å². The first kappa shape index (κ1) is 9.04. The van der Waals surface area contributed by atoms with Gasteiger partial charge in [0.1, 0.15) is 5.60 Å². The lowest BCUT2D eigenvalue weighted by Crippen LogP contribution is -2.43. The summed E-state index contributed by atoms with van der Waals surface area (Å²) >= 11 is 0. The van der Waals surface area contributed by atoms with Gasteiger partial charge in [-0.3, -0.25) is 4.79 Å². The van der Waals surface area contributed by atoms with E-state index >= 15 is 0 Å². The van der Waals surface area contributed by atoms with Crippen molar-refractivity contribution in [3.8, 4) is 0 Å². The molecule has 1 saturated carbocycles. The van der Waals surface area contributed by atoms with Crippen LogP contribution in [0.3, 0.4) is 0 Å². The average Bonchev–Trinajstić information content (AvgIpc) is 2.02. The molecule has 0 radical (unpaired) electrons. The fourth-order valence-electron chi connectivity index (χ4n) is 2.82. The molecule has 2 heteroatoms. The Hall–Kier alpha value is -0.530. The summed E-state index contributed by atoms with van der Waals surface area (Å²) in [5, 5.41) is 0. The van der Waals surface area contributed by atoms with Gasteiger partial charge in [0.25, 0.3) is 0 Å². The van der Waals surface area contributed by atoms with E-state index in [1.807, 2.05) is 0 Å². The maximum atomic E-state index is 11.3. The summed E-state index contributed by atoms with van der Waals surface area (Å²) in [6.45, 7) is 2.16. The lowest BCUT2D eigenvalue weighted by Gasteiger charge is -2.41. The first-order chi connectivity index (χ1) is 6.20. The zero-order valence-electron chi connectivity index (χ0n) is 8.34. The fourth-order valence-corrected chi connectivity index (χ4v) is 2.82. The van der Waals surface area contributed by atoms with Crippen molar-refractivity contribution < 1.29 is 9.53 Å². The molecule has 0 bridgehead atoms. The number of hydrogen-bond acceptors (Lipinski definition) is 2. The van der Waals surface area contributed by atoms with Crippen molar-refractivity contribution in [1.29, 1.82) is 0 Å². The highest BCUT2D eigenvalue weighted by Gasteiger charge is 2.40. The third-order valence-electron chi connectivity index (χ3n) is 3.33. The van der Waals surface area contributed by atoms with E-state index in [-0.39, 0.29) is 11.6 Å². The third-order valence-corrected chi connectivity index (χ3v) is 3.33. The van der Waals surface area contributed by atoms with Gasteiger partial charge >= 0.3 is 5.97 Å². The Labute approximate surface area is 79.7 Å². The van der Waals surface area contributed by atoms with Gasteiger partial charge in [0.05, 0.1) is 0 Å². The molecule has 1 atom stereocenters. The zero-order chi connectivity index (χ0) is 9.31. The molecule has 0 aromatic heterocycles. The smallest absolute Gasteiger partial charge is 0.306 e. The van der Waals surface area contributed by atoms with Crippen LogP contribution in [0.4, 0.5) is 0 Å². The molecule has 1 unspecified atom stereocenters. The predicted octanol–water partition coefficient (Wildman–Crippen LogP) is 2.66. The first-order valence-corrected chi connectivity index (χ1v) is 5.42. The molecule has 0 amide bonds. The standard InChI is InChI=1S/C11H18O2/c1-9-7-10(12)13-11(8-9)5-3-2-4-6-11/h9H,2-8H2,1H3. The molecule has 1 aliphatic carbocycles. The van der Waals surface area contributed by atoms with E-state index in [2.05, 4.69) is 6.92 Å². The molecule has 2 rings (SSSR count). The Morgan fingerprint density at radius 1 is 1.31 bits per heavy atom. The highest BCUT2D eigenvalue weighted by molar-refractivity contribution is 5.71. The molecule has 2 aliphatic rings. The number of carbonyl (C=O) groups excluding carboxylic acids is 1. The quantitative estimate of drug-likeness (QED) is 0.538. The van der Waals surface area contributed by atoms with Crippen LogP contribution in [0.15, 0.2) is 0 Å². The van der Waals surface area contributed by atoms with Crippen molar-refractivity contribution in [2.45, 2.75) is 57.5 Å². The highest BCUT2D eigenvalue weighted by atomic mass is 16.6. The molecule has 1 heterocycles. The number of rotatable bonds is 0. The van der Waals surface area contributed by atoms with Gasteiger partial charge < -0.3 is 4.74 Å². The van der Waals surface area contributed by atoms with E-state index in [0.717, 1.165) is 19.3 Å². The van der Waals surface area contributed by atoms with Crippen LogP contribution in [-0.2, 0) is 9.53 Å². The summed E-state index contributed by atoms with van der Waals surface area (Å²) in [6.07, 6.45) is 7.71. The molecular weight excluding hydrogens is 164 g/mol. The summed E-state index contributed by atoms with van der Waals surface area (Å²) in [5.41, 5.74) is -0.0486. The molecule has 2 nitrogen and oxygen atoms in total. The Morgan fingerprint density at radius 2 is 2.00 bits per heavy atom. The number of ether oxygens (including phenoxy) is 1. The van der Waals surface area contributed by atoms with E-state index in [0.29, 0.717) is 12.3 Å². The molecule has 13 heavy (non-hydrogen) atoms. The Balaban J connectivity index is 2.06. The minimum Gasteiger partial charge on any atom is -0.459 e. The third kappa shape index (κ3) is 1.87. The molecular formula is C11H18O2. The fraction of sp³-hybridized carbons (Fsp3) is 0.909. The van der Waals surface area contributed by atoms with Crippen LogP contribution in [0.5, 0.6) is 0 Å². The highest BCUT2D eigenvalue weighted by Crippen LogP contribution is 2.40. The second-order valence-electron chi connectivity index (χ2n) is 4.73. The minimum atomic E-state index is -0.0486. The van der Waals surface area contributed by atoms with Crippen molar-refractivity contribution in [3.05, 3.63) is 0 Å². The van der Waals surface area contributed by atoms with Gasteiger partial charge in [0, 0.05) is 6.42 Å². The van der Waals surface area contributed by atoms with Crippen molar-refractivity contribution in [3.63, 3.8) is 0 Å². The second-order valence-corrected chi connectivity index (χ2v) is 4.73. The van der Waals surface area contributed by atoms with Gasteiger partial charge in [-0.2, -0.15) is 0 Å². The molecule has 1 spiro atoms. The average molecular weight is 182 g/mol. The van der Waals surface area contributed by atoms with Gasteiger partial charge in [-0.1, -0.05) is 13.3 Å². The van der Waals surface area contributed by atoms with Crippen molar-refractivity contribution in [2.24, 2.45) is 5.92 Å². The van der Waals surface area contributed by atoms with Crippen molar-refractivity contribution in [1.82, 2.24) is 0 Å². The summed E-state index contributed by atoms with van der Waals surface area (Å²) < 4.78 is 5.55. The lowest BCUT2D eigenvalue weighted by atomic mass is 9.76. The van der Waals surface area contributed by atoms with Crippen LogP contribution in [0, 0.1) is 5.92 Å². The SMILES string of the molecule is CC1CC(=O)OC2(CCCCC2)C1. The molecule has 0 N–H and O–H groups in total. The van der Waals surface area contributed by atoms with E-state index in [9.17, 15) is 4.79 Å². The Kier molecular flexibility index (Phi) is 2.31. The number of hydrogen-bond donors (Lipinski definition) is 0. The maximum absolute atomic E-state index is 11.3. The summed E-state index contributed by atoms with van der Waals surface area (Å²) in [6, 6.07) is 0. The lowest BCUT2D eigenvalue weighted by molar-refractivity contribution is -0.175. The number of carbonyl (C=O) groups is 1. The van der Waals surface area contributed by atoms with Gasteiger partial charge in [-0.15, -0.1) is 0 Å². The summed E-state index contributed by atoms with van der Waals surface area (Å²) in [4.78, 5) is 11.3. The van der Waals surface area contributed by atoms with Crippen LogP contribution < -0.4 is 0 Å². The van der Waals surface area contributed by atoms with Crippen LogP contribution >= 0.6 is 0 Å². The largest absolute Gasteiger partial charge is 0.459 e. The molecule has 1 saturated heterocycles. The Bertz CT molecular complexity index is 204. The van der Waals surface area contributed by atoms with Gasteiger partial charge in [-0.05, 0) is 38.0 Å². The van der Waals surface area contributed by atoms with Gasteiger partial charge in [0.2, 0.25) is 0 Å². The van der Waals surface area contributed by atoms with Crippen LogP contribution in [0.1, 0.15) is 51.9 Å². The van der Waals surface area contributed by atoms with Crippen molar-refractivity contribution >= 4 is 5.97 Å². The van der Waals surface area contributed by atoms with Crippen LogP contribution in [0.2, 0.25) is 0 Å². The van der Waals surface area contributed by atoms with Crippen LogP contribution in [0.25, 0.3) is 0 Å². The molecule has 0 aromatic rings. The maximum Gasteiger partial charge on any atom is 0.306 e. The van der Waals surface area contributed by atoms with E-state index in [1.165, 1.54) is 19.3 Å². The van der Waals surface area contributed by atoms with Crippen molar-refractivity contribution in [2.75, 3.05) is 0 Å². The Morgan fingerprint density at radius 3 is 2.62 bits per heavy atom. The normalized spacial score (nSPS) is 33.0. The topological polar surface area (TPSA) is 26.3 Å². The monoisotopic (exact) mass is 182 g/mol. The molecule has 74 valence electrons. The van der Waals surface area contributed by atoms with Gasteiger partial charge in [-0.25, -0.2) is 0 Å². The molecule has 2 fully saturated rings. The van der Waals surface area contributed by atoms with E-state index in [4.69, 9.17) is 4.74 Å². The summed E-state index contributed by atoms with van der Waals surface area (Å²) in [5.74, 6) is 0.556. The van der Waals surface area contributed by atoms with Gasteiger partial charge in [0.15, 0.2) is 0 Å². The second kappa shape index (κ2) is 3.32. The summed E-state index contributed by atoms with van der Waals surface area (Å²) in [7, 11) is 0. The predicted molar refractivity (Wildman–Crippen MR) is 50.3 cm³/mol. The minimum absolute atomic E-state index is 0.0284. The number of esters is 1. The zero-order valence-corrected chi connectivity index (χ0v) is 8.34. The van der Waals surface area contributed by atoms with Crippen LogP contribution in [-0.4, -0.2) is 11.6 Å². The molecule has 1 aliphatic heterocycles. The molecule has 0 aromatic carbocycles.